The number of nitrogens with one attached hydrogen (secondary N) is 1. The number of anilines is 2. The summed E-state index contributed by atoms with van der Waals surface area (Å²) in [4.78, 5) is 28.5. The Labute approximate surface area is 173 Å². The first-order valence-corrected chi connectivity index (χ1v) is 10.4. The highest BCUT2D eigenvalue weighted by molar-refractivity contribution is 5.94. The van der Waals surface area contributed by atoms with Crippen LogP contribution in [0, 0.1) is 0 Å². The molecule has 3 rings (SSSR count). The van der Waals surface area contributed by atoms with Gasteiger partial charge in [0, 0.05) is 43.1 Å². The van der Waals surface area contributed by atoms with Crippen LogP contribution in [0.15, 0.2) is 48.5 Å². The summed E-state index contributed by atoms with van der Waals surface area (Å²) in [5.41, 5.74) is 3.99. The minimum absolute atomic E-state index is 0.0417. The fourth-order valence-corrected chi connectivity index (χ4v) is 3.72. The highest BCUT2D eigenvalue weighted by atomic mass is 16.2. The molecule has 29 heavy (non-hydrogen) atoms. The molecule has 1 amide bonds. The molecule has 2 aromatic carbocycles. The van der Waals surface area contributed by atoms with Crippen molar-refractivity contribution in [1.29, 1.82) is 0 Å². The van der Waals surface area contributed by atoms with Gasteiger partial charge in [0.15, 0.2) is 5.78 Å². The van der Waals surface area contributed by atoms with Crippen molar-refractivity contribution in [3.8, 4) is 0 Å². The number of piperazine rings is 1. The summed E-state index contributed by atoms with van der Waals surface area (Å²) < 4.78 is 0. The Morgan fingerprint density at radius 2 is 1.66 bits per heavy atom. The summed E-state index contributed by atoms with van der Waals surface area (Å²) in [6, 6.07) is 15.9. The van der Waals surface area contributed by atoms with Crippen LogP contribution in [0.5, 0.6) is 0 Å². The Balaban J connectivity index is 1.52. The molecule has 0 bridgehead atoms. The van der Waals surface area contributed by atoms with E-state index >= 15 is 0 Å². The van der Waals surface area contributed by atoms with Gasteiger partial charge in [0.25, 0.3) is 0 Å². The number of benzene rings is 2. The number of ketones is 1. The van der Waals surface area contributed by atoms with Gasteiger partial charge in [0.05, 0.1) is 6.54 Å². The normalized spacial score (nSPS) is 15.8. The molecular weight excluding hydrogens is 362 g/mol. The number of hydrogen-bond donors (Lipinski definition) is 1. The van der Waals surface area contributed by atoms with E-state index in [1.165, 1.54) is 5.56 Å². The summed E-state index contributed by atoms with van der Waals surface area (Å²) in [6.07, 6.45) is 1.04. The number of amides is 1. The van der Waals surface area contributed by atoms with Crippen LogP contribution in [0.25, 0.3) is 0 Å². The summed E-state index contributed by atoms with van der Waals surface area (Å²) in [5, 5.41) is 3.11. The van der Waals surface area contributed by atoms with Crippen molar-refractivity contribution >= 4 is 23.1 Å². The maximum absolute atomic E-state index is 12.6. The van der Waals surface area contributed by atoms with Gasteiger partial charge in [-0.05, 0) is 55.2 Å². The van der Waals surface area contributed by atoms with E-state index in [9.17, 15) is 9.59 Å². The molecule has 0 spiro atoms. The molecule has 1 aliphatic rings. The molecule has 1 N–H and O–H groups in total. The van der Waals surface area contributed by atoms with Crippen LogP contribution in [0.1, 0.15) is 49.0 Å². The van der Waals surface area contributed by atoms with E-state index in [0.717, 1.165) is 49.5 Å². The van der Waals surface area contributed by atoms with E-state index in [4.69, 9.17) is 0 Å². The van der Waals surface area contributed by atoms with Gasteiger partial charge in [0.1, 0.15) is 0 Å². The fraction of sp³-hybridized carbons (Fsp3) is 0.417. The molecule has 1 aliphatic heterocycles. The number of para-hydroxylation sites is 1. The SMILES string of the molecule is CC[C@@H](C)c1ccccc1NC(=O)CN1CCN(c2ccc(C(C)=O)cc2)CC1. The molecule has 0 saturated carbocycles. The summed E-state index contributed by atoms with van der Waals surface area (Å²) in [5.74, 6) is 0.548. The third-order valence-corrected chi connectivity index (χ3v) is 5.76. The molecule has 154 valence electrons. The molecule has 1 fully saturated rings. The van der Waals surface area contributed by atoms with E-state index in [1.54, 1.807) is 6.92 Å². The van der Waals surface area contributed by atoms with Gasteiger partial charge in [-0.2, -0.15) is 0 Å². The average molecular weight is 394 g/mol. The lowest BCUT2D eigenvalue weighted by molar-refractivity contribution is -0.117. The Morgan fingerprint density at radius 1 is 1.00 bits per heavy atom. The van der Waals surface area contributed by atoms with E-state index in [0.29, 0.717) is 12.5 Å². The molecule has 5 nitrogen and oxygen atoms in total. The van der Waals surface area contributed by atoms with Crippen molar-refractivity contribution in [2.45, 2.75) is 33.1 Å². The van der Waals surface area contributed by atoms with Gasteiger partial charge >= 0.3 is 0 Å². The Morgan fingerprint density at radius 3 is 2.28 bits per heavy atom. The molecular formula is C24H31N3O2. The zero-order valence-electron chi connectivity index (χ0n) is 17.6. The second kappa shape index (κ2) is 9.70. The number of Topliss-reactive ketones (excluding diaryl/α,β-unsaturated/α-hetero) is 1. The average Bonchev–Trinajstić information content (AvgIpc) is 2.74. The van der Waals surface area contributed by atoms with E-state index in [-0.39, 0.29) is 11.7 Å². The van der Waals surface area contributed by atoms with Crippen LogP contribution < -0.4 is 10.2 Å². The number of hydrogen-bond acceptors (Lipinski definition) is 4. The molecule has 1 heterocycles. The molecule has 1 saturated heterocycles. The van der Waals surface area contributed by atoms with Crippen molar-refractivity contribution < 1.29 is 9.59 Å². The van der Waals surface area contributed by atoms with Crippen LogP contribution in [0.4, 0.5) is 11.4 Å². The number of carbonyl (C=O) groups is 2. The van der Waals surface area contributed by atoms with Gasteiger partial charge in [0.2, 0.25) is 5.91 Å². The molecule has 5 heteroatoms. The van der Waals surface area contributed by atoms with Crippen molar-refractivity contribution in [3.63, 3.8) is 0 Å². The Kier molecular flexibility index (Phi) is 7.04. The molecule has 0 aliphatic carbocycles. The van der Waals surface area contributed by atoms with Gasteiger partial charge < -0.3 is 10.2 Å². The van der Waals surface area contributed by atoms with Gasteiger partial charge in [-0.15, -0.1) is 0 Å². The fourth-order valence-electron chi connectivity index (χ4n) is 3.72. The van der Waals surface area contributed by atoms with Gasteiger partial charge in [-0.25, -0.2) is 0 Å². The lowest BCUT2D eigenvalue weighted by Gasteiger charge is -2.35. The van der Waals surface area contributed by atoms with Crippen LogP contribution >= 0.6 is 0 Å². The summed E-state index contributed by atoms with van der Waals surface area (Å²) in [7, 11) is 0. The molecule has 0 aromatic heterocycles. The topological polar surface area (TPSA) is 52.7 Å². The summed E-state index contributed by atoms with van der Waals surface area (Å²) >= 11 is 0. The van der Waals surface area contributed by atoms with Crippen LogP contribution in [0.2, 0.25) is 0 Å². The maximum atomic E-state index is 12.6. The zero-order valence-corrected chi connectivity index (χ0v) is 17.6. The van der Waals surface area contributed by atoms with E-state index in [2.05, 4.69) is 35.0 Å². The highest BCUT2D eigenvalue weighted by Crippen LogP contribution is 2.26. The van der Waals surface area contributed by atoms with E-state index < -0.39 is 0 Å². The van der Waals surface area contributed by atoms with Crippen molar-refractivity contribution in [3.05, 3.63) is 59.7 Å². The lowest BCUT2D eigenvalue weighted by Crippen LogP contribution is -2.48. The molecule has 2 aromatic rings. The highest BCUT2D eigenvalue weighted by Gasteiger charge is 2.20. The van der Waals surface area contributed by atoms with Crippen LogP contribution in [0.3, 0.4) is 0 Å². The standard InChI is InChI=1S/C24H31N3O2/c1-4-18(2)22-7-5-6-8-23(22)25-24(29)17-26-13-15-27(16-14-26)21-11-9-20(10-12-21)19(3)28/h5-12,18H,4,13-17H2,1-3H3,(H,25,29)/t18-/m1/s1. The molecule has 0 radical (unpaired) electrons. The second-order valence-corrected chi connectivity index (χ2v) is 7.81. The largest absolute Gasteiger partial charge is 0.369 e. The van der Waals surface area contributed by atoms with Crippen molar-refractivity contribution in [1.82, 2.24) is 4.90 Å². The van der Waals surface area contributed by atoms with Crippen LogP contribution in [-0.4, -0.2) is 49.3 Å². The second-order valence-electron chi connectivity index (χ2n) is 7.81. The monoisotopic (exact) mass is 393 g/mol. The third kappa shape index (κ3) is 5.45. The number of nitrogens with zero attached hydrogens (tertiary/aromatic N) is 2. The van der Waals surface area contributed by atoms with E-state index in [1.807, 2.05) is 42.5 Å². The van der Waals surface area contributed by atoms with Crippen molar-refractivity contribution in [2.75, 3.05) is 42.9 Å². The number of rotatable bonds is 7. The Bertz CT molecular complexity index is 839. The molecule has 0 unspecified atom stereocenters. The van der Waals surface area contributed by atoms with Crippen LogP contribution in [-0.2, 0) is 4.79 Å². The quantitative estimate of drug-likeness (QED) is 0.718. The predicted molar refractivity (Wildman–Crippen MR) is 119 cm³/mol. The van der Waals surface area contributed by atoms with Gasteiger partial charge in [-0.1, -0.05) is 32.0 Å². The first-order chi connectivity index (χ1) is 14.0. The maximum Gasteiger partial charge on any atom is 0.238 e. The first-order valence-electron chi connectivity index (χ1n) is 10.4. The Hall–Kier alpha value is -2.66. The molecule has 1 atom stereocenters. The minimum Gasteiger partial charge on any atom is -0.369 e. The zero-order chi connectivity index (χ0) is 20.8. The smallest absolute Gasteiger partial charge is 0.238 e. The number of carbonyl (C=O) groups excluding carboxylic acids is 2. The first kappa shape index (κ1) is 21.1. The summed E-state index contributed by atoms with van der Waals surface area (Å²) in [6.45, 7) is 9.77. The van der Waals surface area contributed by atoms with Crippen molar-refractivity contribution in [2.24, 2.45) is 0 Å². The minimum atomic E-state index is 0.0417. The van der Waals surface area contributed by atoms with Gasteiger partial charge in [-0.3, -0.25) is 14.5 Å². The lowest BCUT2D eigenvalue weighted by atomic mass is 9.97. The predicted octanol–water partition coefficient (Wildman–Crippen LogP) is 4.16. The third-order valence-electron chi connectivity index (χ3n) is 5.76.